The van der Waals surface area contributed by atoms with E-state index in [1.807, 2.05) is 19.0 Å². The van der Waals surface area contributed by atoms with Gasteiger partial charge in [-0.25, -0.2) is 19.3 Å². The number of aromatic nitrogens is 8. The van der Waals surface area contributed by atoms with E-state index in [1.165, 1.54) is 12.4 Å². The van der Waals surface area contributed by atoms with E-state index >= 15 is 0 Å². The first-order chi connectivity index (χ1) is 16.1. The molecule has 0 fully saturated rings. The molecule has 0 atom stereocenters. The van der Waals surface area contributed by atoms with Crippen LogP contribution >= 0.6 is 0 Å². The third-order valence-corrected chi connectivity index (χ3v) is 5.62. The highest BCUT2D eigenvalue weighted by Crippen LogP contribution is 2.31. The first-order valence-corrected chi connectivity index (χ1v) is 10.3. The largest absolute Gasteiger partial charge is 0.493 e. The molecule has 5 aromatic rings. The van der Waals surface area contributed by atoms with Crippen LogP contribution < -0.4 is 15.0 Å². The van der Waals surface area contributed by atoms with Crippen molar-refractivity contribution in [1.29, 1.82) is 0 Å². The summed E-state index contributed by atoms with van der Waals surface area (Å²) in [6.07, 6.45) is 5.42. The highest BCUT2D eigenvalue weighted by molar-refractivity contribution is 5.77. The van der Waals surface area contributed by atoms with Crippen LogP contribution in [-0.4, -0.2) is 59.9 Å². The van der Waals surface area contributed by atoms with E-state index in [2.05, 4.69) is 30.6 Å². The second-order valence-electron chi connectivity index (χ2n) is 7.84. The number of benzene rings is 1. The zero-order chi connectivity index (χ0) is 22.5. The van der Waals surface area contributed by atoms with Crippen LogP contribution in [0.4, 0.5) is 16.3 Å². The van der Waals surface area contributed by atoms with Crippen molar-refractivity contribution in [3.63, 3.8) is 0 Å². The summed E-state index contributed by atoms with van der Waals surface area (Å²) in [5, 5.41) is 15.7. The van der Waals surface area contributed by atoms with Gasteiger partial charge in [0.05, 0.1) is 17.9 Å². The Hall–Kier alpha value is -4.35. The van der Waals surface area contributed by atoms with Crippen LogP contribution in [0, 0.1) is 5.82 Å². The van der Waals surface area contributed by atoms with E-state index in [0.717, 1.165) is 11.3 Å². The van der Waals surface area contributed by atoms with Crippen LogP contribution in [-0.2, 0) is 13.0 Å². The standard InChI is InChI=1S/C21H19FN10O/c1-30(2)21-24-9-14(19-25-10-27-32(19)21)16-7-18-29-26-11-31(18)20(28-16)23-8-13-12-5-6-33-17(12)4-3-15(13)22/h3-4,7,9-11H,5-6,8H2,1-2H3,(H,23,28). The van der Waals surface area contributed by atoms with Crippen molar-refractivity contribution in [3.05, 3.63) is 54.0 Å². The maximum absolute atomic E-state index is 14.6. The summed E-state index contributed by atoms with van der Waals surface area (Å²) < 4.78 is 23.6. The molecule has 0 bridgehead atoms. The summed E-state index contributed by atoms with van der Waals surface area (Å²) >= 11 is 0. The van der Waals surface area contributed by atoms with E-state index in [-0.39, 0.29) is 12.4 Å². The molecule has 0 aliphatic carbocycles. The van der Waals surface area contributed by atoms with Gasteiger partial charge in [0.25, 0.3) is 0 Å². The topological polar surface area (TPSA) is 111 Å². The van der Waals surface area contributed by atoms with Gasteiger partial charge in [-0.15, -0.1) is 10.2 Å². The summed E-state index contributed by atoms with van der Waals surface area (Å²) in [5.74, 6) is 1.56. The molecule has 1 N–H and O–H groups in total. The van der Waals surface area contributed by atoms with Gasteiger partial charge in [-0.05, 0) is 12.1 Å². The fourth-order valence-electron chi connectivity index (χ4n) is 4.06. The SMILES string of the molecule is CN(C)c1ncc(-c2cc3nncn3c(NCc3c(F)ccc4c3CCO4)n2)c2ncnn12. The molecule has 33 heavy (non-hydrogen) atoms. The molecule has 6 rings (SSSR count). The van der Waals surface area contributed by atoms with Crippen LogP contribution in [0.2, 0.25) is 0 Å². The Kier molecular flexibility index (Phi) is 4.31. The quantitative estimate of drug-likeness (QED) is 0.433. The van der Waals surface area contributed by atoms with Crippen molar-refractivity contribution in [2.24, 2.45) is 0 Å². The molecule has 0 amide bonds. The molecule has 0 saturated carbocycles. The first-order valence-electron chi connectivity index (χ1n) is 10.3. The highest BCUT2D eigenvalue weighted by Gasteiger charge is 2.21. The number of anilines is 2. The number of nitrogens with zero attached hydrogens (tertiary/aromatic N) is 9. The number of hydrogen-bond acceptors (Lipinski definition) is 9. The van der Waals surface area contributed by atoms with Crippen molar-refractivity contribution >= 4 is 23.2 Å². The second-order valence-corrected chi connectivity index (χ2v) is 7.84. The molecule has 0 radical (unpaired) electrons. The van der Waals surface area contributed by atoms with Gasteiger partial charge in [-0.2, -0.15) is 9.61 Å². The molecular weight excluding hydrogens is 427 g/mol. The summed E-state index contributed by atoms with van der Waals surface area (Å²) in [7, 11) is 3.77. The number of hydrogen-bond donors (Lipinski definition) is 1. The third kappa shape index (κ3) is 3.10. The maximum Gasteiger partial charge on any atom is 0.228 e. The second kappa shape index (κ2) is 7.36. The Morgan fingerprint density at radius 1 is 1.24 bits per heavy atom. The summed E-state index contributed by atoms with van der Waals surface area (Å²) in [6, 6.07) is 4.90. The van der Waals surface area contributed by atoms with Gasteiger partial charge in [-0.1, -0.05) is 0 Å². The van der Waals surface area contributed by atoms with E-state index in [0.29, 0.717) is 53.0 Å². The summed E-state index contributed by atoms with van der Waals surface area (Å²) in [6.45, 7) is 0.791. The molecule has 0 unspecified atom stereocenters. The smallest absolute Gasteiger partial charge is 0.228 e. The molecule has 1 aliphatic rings. The molecule has 1 aromatic carbocycles. The zero-order valence-electron chi connectivity index (χ0n) is 17.9. The number of fused-ring (bicyclic) bond motifs is 3. The van der Waals surface area contributed by atoms with Crippen LogP contribution in [0.15, 0.2) is 37.1 Å². The Balaban J connectivity index is 1.43. The van der Waals surface area contributed by atoms with Crippen LogP contribution in [0.3, 0.4) is 0 Å². The van der Waals surface area contributed by atoms with Crippen molar-refractivity contribution in [2.75, 3.05) is 30.9 Å². The zero-order valence-corrected chi connectivity index (χ0v) is 17.9. The predicted octanol–water partition coefficient (Wildman–Crippen LogP) is 1.98. The minimum Gasteiger partial charge on any atom is -0.493 e. The number of ether oxygens (including phenoxy) is 1. The lowest BCUT2D eigenvalue weighted by atomic mass is 10.0. The number of halogens is 1. The molecule has 166 valence electrons. The maximum atomic E-state index is 14.6. The Morgan fingerprint density at radius 3 is 3.03 bits per heavy atom. The third-order valence-electron chi connectivity index (χ3n) is 5.62. The molecule has 5 heterocycles. The lowest BCUT2D eigenvalue weighted by Gasteiger charge is -2.14. The van der Waals surface area contributed by atoms with Gasteiger partial charge in [0, 0.05) is 50.5 Å². The van der Waals surface area contributed by atoms with Gasteiger partial charge in [0.2, 0.25) is 11.9 Å². The van der Waals surface area contributed by atoms with Crippen molar-refractivity contribution in [2.45, 2.75) is 13.0 Å². The lowest BCUT2D eigenvalue weighted by molar-refractivity contribution is 0.356. The number of rotatable bonds is 5. The van der Waals surface area contributed by atoms with Gasteiger partial charge < -0.3 is 15.0 Å². The van der Waals surface area contributed by atoms with Crippen LogP contribution in [0.5, 0.6) is 5.75 Å². The number of nitrogens with one attached hydrogen (secondary N) is 1. The lowest BCUT2D eigenvalue weighted by Crippen LogP contribution is -2.16. The van der Waals surface area contributed by atoms with Crippen molar-refractivity contribution in [1.82, 2.24) is 39.2 Å². The molecule has 0 spiro atoms. The fraction of sp³-hybridized carbons (Fsp3) is 0.238. The summed E-state index contributed by atoms with van der Waals surface area (Å²) in [4.78, 5) is 15.5. The Bertz CT molecular complexity index is 1510. The molecule has 4 aromatic heterocycles. The van der Waals surface area contributed by atoms with Gasteiger partial charge >= 0.3 is 0 Å². The minimum atomic E-state index is -0.281. The average molecular weight is 446 g/mol. The fourth-order valence-corrected chi connectivity index (χ4v) is 4.06. The summed E-state index contributed by atoms with van der Waals surface area (Å²) in [5.41, 5.74) is 3.92. The Labute approximate surface area is 186 Å². The van der Waals surface area contributed by atoms with Gasteiger partial charge in [-0.3, -0.25) is 4.40 Å². The normalized spacial score (nSPS) is 12.8. The van der Waals surface area contributed by atoms with Crippen molar-refractivity contribution < 1.29 is 9.13 Å². The van der Waals surface area contributed by atoms with Gasteiger partial charge in [0.15, 0.2) is 11.3 Å². The van der Waals surface area contributed by atoms with Crippen LogP contribution in [0.1, 0.15) is 11.1 Å². The van der Waals surface area contributed by atoms with E-state index in [1.54, 1.807) is 33.6 Å². The van der Waals surface area contributed by atoms with E-state index in [4.69, 9.17) is 9.72 Å². The molecule has 11 nitrogen and oxygen atoms in total. The van der Waals surface area contributed by atoms with Crippen LogP contribution in [0.25, 0.3) is 22.6 Å². The van der Waals surface area contributed by atoms with Crippen molar-refractivity contribution in [3.8, 4) is 17.0 Å². The first kappa shape index (κ1) is 19.3. The molecular formula is C21H19FN10O. The van der Waals surface area contributed by atoms with E-state index < -0.39 is 0 Å². The molecule has 1 aliphatic heterocycles. The minimum absolute atomic E-state index is 0.236. The molecule has 0 saturated heterocycles. The van der Waals surface area contributed by atoms with E-state index in [9.17, 15) is 4.39 Å². The van der Waals surface area contributed by atoms with Gasteiger partial charge in [0.1, 0.15) is 24.2 Å². The average Bonchev–Trinajstić information content (AvgIpc) is 3.57. The highest BCUT2D eigenvalue weighted by atomic mass is 19.1. The predicted molar refractivity (Wildman–Crippen MR) is 118 cm³/mol. The molecule has 12 heteroatoms. The monoisotopic (exact) mass is 446 g/mol. The Morgan fingerprint density at radius 2 is 2.15 bits per heavy atom.